The summed E-state index contributed by atoms with van der Waals surface area (Å²) >= 11 is 0. The predicted molar refractivity (Wildman–Crippen MR) is 113 cm³/mol. The first-order chi connectivity index (χ1) is 15.2. The van der Waals surface area contributed by atoms with Crippen LogP contribution >= 0.6 is 0 Å². The molecule has 0 radical (unpaired) electrons. The summed E-state index contributed by atoms with van der Waals surface area (Å²) in [6.45, 7) is 5.38. The molecule has 4 rings (SSSR count). The summed E-state index contributed by atoms with van der Waals surface area (Å²) in [5.41, 5.74) is 1.22. The fourth-order valence-corrected chi connectivity index (χ4v) is 3.00. The fourth-order valence-electron chi connectivity index (χ4n) is 3.00. The molecular formula is C20H21N7O5. The van der Waals surface area contributed by atoms with Crippen LogP contribution < -0.4 is 20.7 Å². The zero-order valence-corrected chi connectivity index (χ0v) is 17.6. The van der Waals surface area contributed by atoms with Crippen LogP contribution in [-0.4, -0.2) is 50.3 Å². The van der Waals surface area contributed by atoms with Crippen LogP contribution in [0, 0.1) is 0 Å². The van der Waals surface area contributed by atoms with Gasteiger partial charge in [-0.1, -0.05) is 6.07 Å². The Labute approximate surface area is 182 Å². The zero-order valence-electron chi connectivity index (χ0n) is 17.6. The van der Waals surface area contributed by atoms with Gasteiger partial charge in [-0.15, -0.1) is 0 Å². The van der Waals surface area contributed by atoms with Crippen LogP contribution in [0.25, 0.3) is 11.0 Å². The molecule has 1 aliphatic rings. The number of anilines is 2. The summed E-state index contributed by atoms with van der Waals surface area (Å²) in [6, 6.07) is 5.23. The van der Waals surface area contributed by atoms with Crippen molar-refractivity contribution < 1.29 is 23.9 Å². The number of hydrogen-bond acceptors (Lipinski definition) is 8. The van der Waals surface area contributed by atoms with Crippen LogP contribution in [0.2, 0.25) is 0 Å². The van der Waals surface area contributed by atoms with E-state index in [1.165, 1.54) is 6.33 Å². The van der Waals surface area contributed by atoms with E-state index in [2.05, 4.69) is 36.1 Å². The summed E-state index contributed by atoms with van der Waals surface area (Å²) in [5.74, 6) is -0.0178. The molecule has 0 bridgehead atoms. The van der Waals surface area contributed by atoms with Gasteiger partial charge in [0.1, 0.15) is 28.7 Å². The summed E-state index contributed by atoms with van der Waals surface area (Å²) in [6.07, 6.45) is 0.512. The van der Waals surface area contributed by atoms with E-state index in [9.17, 15) is 14.4 Å². The molecule has 3 amide bonds. The maximum absolute atomic E-state index is 12.7. The van der Waals surface area contributed by atoms with Crippen molar-refractivity contribution in [2.24, 2.45) is 0 Å². The second kappa shape index (κ2) is 8.13. The third-order valence-corrected chi connectivity index (χ3v) is 4.32. The Hall–Kier alpha value is -4.22. The molecule has 0 saturated heterocycles. The summed E-state index contributed by atoms with van der Waals surface area (Å²) in [4.78, 5) is 44.4. The van der Waals surface area contributed by atoms with Crippen molar-refractivity contribution in [3.8, 4) is 5.75 Å². The first-order valence-electron chi connectivity index (χ1n) is 9.72. The lowest BCUT2D eigenvalue weighted by atomic mass is 10.1. The maximum atomic E-state index is 12.7. The van der Waals surface area contributed by atoms with Crippen LogP contribution in [0.3, 0.4) is 0 Å². The molecule has 0 atom stereocenters. The average Bonchev–Trinajstić information content (AvgIpc) is 3.13. The molecule has 12 heteroatoms. The number of carbonyl (C=O) groups is 3. The summed E-state index contributed by atoms with van der Waals surface area (Å²) in [7, 11) is 0. The van der Waals surface area contributed by atoms with Crippen LogP contribution in [0.5, 0.6) is 5.75 Å². The van der Waals surface area contributed by atoms with Gasteiger partial charge >= 0.3 is 6.09 Å². The Morgan fingerprint density at radius 3 is 2.84 bits per heavy atom. The van der Waals surface area contributed by atoms with Crippen molar-refractivity contribution >= 4 is 40.4 Å². The van der Waals surface area contributed by atoms with Crippen molar-refractivity contribution in [1.29, 1.82) is 0 Å². The molecule has 1 aliphatic heterocycles. The van der Waals surface area contributed by atoms with Gasteiger partial charge in [0.05, 0.1) is 5.69 Å². The molecule has 4 N–H and O–H groups in total. The van der Waals surface area contributed by atoms with E-state index in [4.69, 9.17) is 9.47 Å². The number of H-pyrrole nitrogens is 1. The summed E-state index contributed by atoms with van der Waals surface area (Å²) in [5, 5.41) is 14.7. The van der Waals surface area contributed by atoms with E-state index in [-0.39, 0.29) is 41.6 Å². The highest BCUT2D eigenvalue weighted by Crippen LogP contribution is 2.28. The molecule has 2 aromatic heterocycles. The number of aromatic nitrogens is 4. The highest BCUT2D eigenvalue weighted by molar-refractivity contribution is 6.06. The number of aromatic amines is 1. The van der Waals surface area contributed by atoms with Crippen molar-refractivity contribution in [1.82, 2.24) is 25.5 Å². The number of fused-ring (bicyclic) bond motifs is 2. The van der Waals surface area contributed by atoms with Gasteiger partial charge in [0.2, 0.25) is 0 Å². The van der Waals surface area contributed by atoms with Gasteiger partial charge in [-0.2, -0.15) is 5.10 Å². The van der Waals surface area contributed by atoms with Gasteiger partial charge in [-0.25, -0.2) is 14.8 Å². The van der Waals surface area contributed by atoms with E-state index < -0.39 is 17.6 Å². The third kappa shape index (κ3) is 4.58. The summed E-state index contributed by atoms with van der Waals surface area (Å²) < 4.78 is 10.5. The van der Waals surface area contributed by atoms with Gasteiger partial charge in [-0.3, -0.25) is 20.0 Å². The van der Waals surface area contributed by atoms with Crippen molar-refractivity contribution in [2.45, 2.75) is 32.9 Å². The van der Waals surface area contributed by atoms with E-state index >= 15 is 0 Å². The number of benzene rings is 1. The normalized spacial score (nSPS) is 13.0. The van der Waals surface area contributed by atoms with E-state index in [0.29, 0.717) is 11.4 Å². The molecule has 32 heavy (non-hydrogen) atoms. The molecule has 0 unspecified atom stereocenters. The quantitative estimate of drug-likeness (QED) is 0.480. The molecule has 166 valence electrons. The molecule has 3 heterocycles. The van der Waals surface area contributed by atoms with Gasteiger partial charge in [0, 0.05) is 6.54 Å². The first kappa shape index (κ1) is 21.0. The SMILES string of the molecule is CC(C)(C)OC(=O)Nc1n[nH]c2c(C(=O)NCc3ccc4c(c3)NC(=O)CO4)ncnc12. The average molecular weight is 439 g/mol. The Kier molecular flexibility index (Phi) is 5.34. The van der Waals surface area contributed by atoms with Crippen molar-refractivity contribution in [3.05, 3.63) is 35.8 Å². The largest absolute Gasteiger partial charge is 0.482 e. The van der Waals surface area contributed by atoms with Gasteiger partial charge in [0.15, 0.2) is 18.1 Å². The Morgan fingerprint density at radius 1 is 1.25 bits per heavy atom. The fraction of sp³-hybridized carbons (Fsp3) is 0.300. The Morgan fingerprint density at radius 2 is 2.06 bits per heavy atom. The molecule has 0 spiro atoms. The molecule has 1 aromatic carbocycles. The number of rotatable bonds is 4. The topological polar surface area (TPSA) is 160 Å². The molecule has 0 aliphatic carbocycles. The number of hydrogen-bond donors (Lipinski definition) is 4. The minimum atomic E-state index is -0.695. The number of nitrogens with one attached hydrogen (secondary N) is 4. The first-order valence-corrected chi connectivity index (χ1v) is 9.72. The van der Waals surface area contributed by atoms with Crippen LogP contribution in [0.15, 0.2) is 24.5 Å². The lowest BCUT2D eigenvalue weighted by Crippen LogP contribution is -2.27. The van der Waals surface area contributed by atoms with E-state index in [1.54, 1.807) is 39.0 Å². The number of carbonyl (C=O) groups excluding carboxylic acids is 3. The molecule has 12 nitrogen and oxygen atoms in total. The van der Waals surface area contributed by atoms with Crippen LogP contribution in [0.1, 0.15) is 36.8 Å². The minimum absolute atomic E-state index is 0.0260. The number of nitrogens with zero attached hydrogens (tertiary/aromatic N) is 3. The molecule has 0 fully saturated rings. The van der Waals surface area contributed by atoms with Crippen LogP contribution in [-0.2, 0) is 16.1 Å². The van der Waals surface area contributed by atoms with Gasteiger partial charge < -0.3 is 20.1 Å². The zero-order chi connectivity index (χ0) is 22.9. The number of ether oxygens (including phenoxy) is 2. The number of amides is 3. The Balaban J connectivity index is 1.47. The lowest BCUT2D eigenvalue weighted by Gasteiger charge is -2.19. The highest BCUT2D eigenvalue weighted by atomic mass is 16.6. The molecular weight excluding hydrogens is 418 g/mol. The molecule has 3 aromatic rings. The lowest BCUT2D eigenvalue weighted by molar-refractivity contribution is -0.118. The third-order valence-electron chi connectivity index (χ3n) is 4.32. The molecule has 0 saturated carbocycles. The van der Waals surface area contributed by atoms with Crippen molar-refractivity contribution in [2.75, 3.05) is 17.2 Å². The van der Waals surface area contributed by atoms with E-state index in [0.717, 1.165) is 5.56 Å². The standard InChI is InChI=1S/C20H21N7O5/c1-20(2,3)32-19(30)25-17-15-14(26-27-17)16(23-9-22-15)18(29)21-7-10-4-5-12-11(6-10)24-13(28)8-31-12/h4-6,9H,7-8H2,1-3H3,(H,21,29)(H,24,28)(H2,25,26,27,30). The second-order valence-electron chi connectivity index (χ2n) is 8.00. The van der Waals surface area contributed by atoms with Crippen molar-refractivity contribution in [3.63, 3.8) is 0 Å². The minimum Gasteiger partial charge on any atom is -0.482 e. The van der Waals surface area contributed by atoms with E-state index in [1.807, 2.05) is 0 Å². The Bertz CT molecular complexity index is 1210. The smallest absolute Gasteiger partial charge is 0.413 e. The predicted octanol–water partition coefficient (Wildman–Crippen LogP) is 1.96. The maximum Gasteiger partial charge on any atom is 0.413 e. The second-order valence-corrected chi connectivity index (χ2v) is 8.00. The monoisotopic (exact) mass is 439 g/mol. The van der Waals surface area contributed by atoms with Gasteiger partial charge in [-0.05, 0) is 38.5 Å². The van der Waals surface area contributed by atoms with Gasteiger partial charge in [0.25, 0.3) is 11.8 Å². The van der Waals surface area contributed by atoms with Crippen LogP contribution in [0.4, 0.5) is 16.3 Å². The highest BCUT2D eigenvalue weighted by Gasteiger charge is 2.22.